The van der Waals surface area contributed by atoms with Gasteiger partial charge in [-0.2, -0.15) is 0 Å². The molecule has 20 nitrogen and oxygen atoms in total. The van der Waals surface area contributed by atoms with Gasteiger partial charge in [-0.25, -0.2) is 26.3 Å². The highest BCUT2D eigenvalue weighted by atomic mass is 35.5. The van der Waals surface area contributed by atoms with Gasteiger partial charge in [-0.05, 0) is 96.0 Å². The van der Waals surface area contributed by atoms with Gasteiger partial charge in [0.2, 0.25) is 20.0 Å². The predicted octanol–water partition coefficient (Wildman–Crippen LogP) is 3.77. The molecule has 6 N–H and O–H groups in total. The van der Waals surface area contributed by atoms with Crippen LogP contribution in [0.25, 0.3) is 0 Å². The van der Waals surface area contributed by atoms with Crippen molar-refractivity contribution in [2.45, 2.75) is 46.9 Å². The van der Waals surface area contributed by atoms with Crippen LogP contribution < -0.4 is 20.1 Å². The maximum Gasteiger partial charge on any atom is 0.252 e. The monoisotopic (exact) mass is 1200 g/mol. The Bertz CT molecular complexity index is 2620. The lowest BCUT2D eigenvalue weighted by atomic mass is 9.85. The number of aliphatic hydroxyl groups excluding tert-OH is 2. The van der Waals surface area contributed by atoms with Crippen LogP contribution in [0.4, 0.5) is 0 Å². The van der Waals surface area contributed by atoms with Crippen molar-refractivity contribution in [2.75, 3.05) is 133 Å². The summed E-state index contributed by atoms with van der Waals surface area (Å²) in [4.78, 5) is 29.1. The summed E-state index contributed by atoms with van der Waals surface area (Å²) in [6.45, 7) is 5.06. The summed E-state index contributed by atoms with van der Waals surface area (Å²) in [6.07, 6.45) is -4.04. The molecule has 0 bridgehead atoms. The van der Waals surface area contributed by atoms with E-state index in [1.807, 2.05) is 50.5 Å². The third-order valence-electron chi connectivity index (χ3n) is 12.7. The highest BCUT2D eigenvalue weighted by molar-refractivity contribution is 7.89. The summed E-state index contributed by atoms with van der Waals surface area (Å²) in [5.74, 6) is -1.96. The number of amides is 2. The fourth-order valence-electron chi connectivity index (χ4n) is 8.76. The number of hydrogen-bond donors (Lipinski definition) is 6. The zero-order valence-electron chi connectivity index (χ0n) is 43.4. The Labute approximate surface area is 476 Å². The molecule has 78 heavy (non-hydrogen) atoms. The fraction of sp³-hybridized carbons (Fsp3) is 0.500. The highest BCUT2D eigenvalue weighted by Gasteiger charge is 2.31. The van der Waals surface area contributed by atoms with Crippen molar-refractivity contribution in [3.63, 3.8) is 0 Å². The topological polar surface area (TPSA) is 253 Å². The molecule has 0 radical (unpaired) electrons. The molecule has 430 valence electrons. The molecular formula is C52H68Cl4N6O14S2. The van der Waals surface area contributed by atoms with E-state index in [4.69, 9.17) is 74.8 Å². The normalized spacial score (nSPS) is 16.8. The Balaban J connectivity index is 0.705. The molecule has 4 aromatic carbocycles. The quantitative estimate of drug-likeness (QED) is 0.0372. The average Bonchev–Trinajstić information content (AvgIpc) is 3.47. The zero-order chi connectivity index (χ0) is 56.2. The minimum absolute atomic E-state index is 0.00588. The van der Waals surface area contributed by atoms with Gasteiger partial charge in [0.25, 0.3) is 11.8 Å². The van der Waals surface area contributed by atoms with Crippen LogP contribution in [0.2, 0.25) is 20.1 Å². The number of fused-ring (bicyclic) bond motifs is 2. The van der Waals surface area contributed by atoms with Crippen LogP contribution in [0.5, 0.6) is 0 Å². The SMILES string of the molecule is CN1Cc2c(Cl)cc(Cl)cc2[C@H](c2ccc(S(=O)(=O)NCCOCCOCCOCCNC(=O)[C@@H](O)[C@H](O)C(=O)NCCOCCOCCOCCNS(=O)(=O)c3ccc([C@@H]4CN(C)Cc5c(Cl)cc(Cl)cc54)cc3)cc2)C1. The molecule has 2 amide bonds. The fourth-order valence-corrected chi connectivity index (χ4v) is 11.9. The summed E-state index contributed by atoms with van der Waals surface area (Å²) in [7, 11) is -3.52. The molecule has 0 spiro atoms. The average molecular weight is 1210 g/mol. The van der Waals surface area contributed by atoms with Gasteiger partial charge in [-0.15, -0.1) is 0 Å². The Hall–Kier alpha value is -3.60. The van der Waals surface area contributed by atoms with E-state index in [1.54, 1.807) is 36.4 Å². The van der Waals surface area contributed by atoms with Crippen LogP contribution in [-0.2, 0) is 71.1 Å². The standard InChI is InChI=1S/C52H68Cl4N6O14S2/c1-61-31-43(41-27-37(53)29-47(55)45(41)33-61)35-3-7-39(8-4-35)77(67,68)59-13-17-73-21-25-75-23-19-71-15-11-57-51(65)49(63)50(64)52(66)58-12-16-72-20-24-76-26-22-74-18-14-60-78(69,70)40-9-5-36(6-10-40)44-32-62(2)34-46-42(44)28-38(54)30-48(46)56/h3-10,27-30,43-44,49-50,59-60,63-64H,11-26,31-34H2,1-2H3,(H,57,65)(H,58,66)/t43-,44-,49-,50-/m0/s1. The third-order valence-corrected chi connectivity index (χ3v) is 16.7. The number of ether oxygens (including phenoxy) is 6. The molecule has 2 aliphatic heterocycles. The second-order valence-electron chi connectivity index (χ2n) is 18.5. The molecule has 0 fully saturated rings. The molecule has 2 aliphatic rings. The molecule has 2 heterocycles. The second kappa shape index (κ2) is 31.6. The Morgan fingerprint density at radius 3 is 1.15 bits per heavy atom. The van der Waals surface area contributed by atoms with Gasteiger partial charge in [0.1, 0.15) is 0 Å². The first-order chi connectivity index (χ1) is 37.3. The maximum atomic E-state index is 12.9. The summed E-state index contributed by atoms with van der Waals surface area (Å²) < 4.78 is 89.4. The smallest absolute Gasteiger partial charge is 0.252 e. The Morgan fingerprint density at radius 1 is 0.513 bits per heavy atom. The van der Waals surface area contributed by atoms with Crippen molar-refractivity contribution in [1.82, 2.24) is 29.9 Å². The lowest BCUT2D eigenvalue weighted by Crippen LogP contribution is -2.50. The molecule has 4 atom stereocenters. The van der Waals surface area contributed by atoms with Gasteiger partial charge in [0.15, 0.2) is 12.2 Å². The van der Waals surface area contributed by atoms with Crippen LogP contribution in [0.15, 0.2) is 82.6 Å². The van der Waals surface area contributed by atoms with E-state index < -0.39 is 44.1 Å². The van der Waals surface area contributed by atoms with Gasteiger partial charge >= 0.3 is 0 Å². The van der Waals surface area contributed by atoms with E-state index in [2.05, 4.69) is 29.9 Å². The molecular weight excluding hydrogens is 1140 g/mol. The summed E-state index contributed by atoms with van der Waals surface area (Å²) >= 11 is 25.6. The van der Waals surface area contributed by atoms with Crippen molar-refractivity contribution < 1.29 is 65.1 Å². The molecule has 0 unspecified atom stereocenters. The number of benzene rings is 4. The first-order valence-electron chi connectivity index (χ1n) is 25.2. The van der Waals surface area contributed by atoms with Crippen LogP contribution in [0, 0.1) is 0 Å². The lowest BCUT2D eigenvalue weighted by Gasteiger charge is -2.33. The molecule has 0 aliphatic carbocycles. The first kappa shape index (κ1) is 63.6. The molecule has 6 rings (SSSR count). The van der Waals surface area contributed by atoms with Crippen LogP contribution in [-0.4, -0.2) is 194 Å². The number of nitrogens with one attached hydrogen (secondary N) is 4. The van der Waals surface area contributed by atoms with Gasteiger partial charge in [-0.3, -0.25) is 9.59 Å². The predicted molar refractivity (Wildman–Crippen MR) is 295 cm³/mol. The first-order valence-corrected chi connectivity index (χ1v) is 29.7. The van der Waals surface area contributed by atoms with Gasteiger partial charge in [0.05, 0.1) is 89.1 Å². The van der Waals surface area contributed by atoms with Gasteiger partial charge in [-0.1, -0.05) is 70.7 Å². The van der Waals surface area contributed by atoms with Crippen LogP contribution >= 0.6 is 46.4 Å². The van der Waals surface area contributed by atoms with Gasteiger partial charge in [0, 0.05) is 84.3 Å². The van der Waals surface area contributed by atoms with E-state index in [1.165, 1.54) is 0 Å². The lowest BCUT2D eigenvalue weighted by molar-refractivity contribution is -0.146. The van der Waals surface area contributed by atoms with Crippen molar-refractivity contribution in [3.05, 3.63) is 126 Å². The summed E-state index contributed by atoms with van der Waals surface area (Å²) in [6, 6.07) is 20.9. The third kappa shape index (κ3) is 19.3. The number of likely N-dealkylation sites (N-methyl/N-ethyl adjacent to an activating group) is 2. The van der Waals surface area contributed by atoms with E-state index in [0.29, 0.717) is 33.2 Å². The van der Waals surface area contributed by atoms with Crippen molar-refractivity contribution in [1.29, 1.82) is 0 Å². The number of carbonyl (C=O) groups is 2. The minimum atomic E-state index is -3.77. The van der Waals surface area contributed by atoms with Crippen LogP contribution in [0.3, 0.4) is 0 Å². The number of aliphatic hydroxyl groups is 2. The molecule has 0 aromatic heterocycles. The van der Waals surface area contributed by atoms with Gasteiger partial charge < -0.3 is 59.1 Å². The Morgan fingerprint density at radius 2 is 0.821 bits per heavy atom. The van der Waals surface area contributed by atoms with Crippen molar-refractivity contribution in [2.24, 2.45) is 0 Å². The van der Waals surface area contributed by atoms with Crippen LogP contribution in [0.1, 0.15) is 45.2 Å². The maximum absolute atomic E-state index is 12.9. The number of carbonyl (C=O) groups excluding carboxylic acids is 2. The zero-order valence-corrected chi connectivity index (χ0v) is 48.1. The number of halogens is 4. The van der Waals surface area contributed by atoms with Crippen molar-refractivity contribution in [3.8, 4) is 0 Å². The van der Waals surface area contributed by atoms with E-state index in [-0.39, 0.29) is 127 Å². The van der Waals surface area contributed by atoms with Crippen molar-refractivity contribution >= 4 is 78.3 Å². The highest BCUT2D eigenvalue weighted by Crippen LogP contribution is 2.40. The summed E-state index contributed by atoms with van der Waals surface area (Å²) in [5, 5.41) is 27.4. The van der Waals surface area contributed by atoms with E-state index in [9.17, 15) is 36.6 Å². The Kier molecular flexibility index (Phi) is 25.7. The minimum Gasteiger partial charge on any atom is -0.380 e. The van der Waals surface area contributed by atoms with E-state index in [0.717, 1.165) is 46.5 Å². The molecule has 26 heteroatoms. The summed E-state index contributed by atoms with van der Waals surface area (Å²) in [5.41, 5.74) is 6.00. The number of nitrogens with zero attached hydrogens (tertiary/aromatic N) is 2. The molecule has 4 aromatic rings. The second-order valence-corrected chi connectivity index (χ2v) is 23.7. The molecule has 0 saturated carbocycles. The molecule has 0 saturated heterocycles. The largest absolute Gasteiger partial charge is 0.380 e. The number of sulfonamides is 2. The number of rotatable bonds is 33. The van der Waals surface area contributed by atoms with E-state index >= 15 is 0 Å². The number of hydrogen-bond acceptors (Lipinski definition) is 16.